The Balaban J connectivity index is 1.58. The van der Waals surface area contributed by atoms with E-state index >= 15 is 0 Å². The normalized spacial score (nSPS) is 15.2. The van der Waals surface area contributed by atoms with Crippen LogP contribution in [0.25, 0.3) is 10.9 Å². The number of benzene rings is 2. The zero-order valence-electron chi connectivity index (χ0n) is 13.9. The topological polar surface area (TPSA) is 60.2 Å². The maximum absolute atomic E-state index is 9.45. The Bertz CT molecular complexity index is 936. The summed E-state index contributed by atoms with van der Waals surface area (Å²) in [5.74, 6) is 0.839. The summed E-state index contributed by atoms with van der Waals surface area (Å²) in [6.45, 7) is 1.92. The Morgan fingerprint density at radius 3 is 2.52 bits per heavy atom. The third-order valence-electron chi connectivity index (χ3n) is 5.07. The summed E-state index contributed by atoms with van der Waals surface area (Å²) in [7, 11) is 0. The minimum atomic E-state index is 0.316. The third kappa shape index (κ3) is 2.89. The quantitative estimate of drug-likeness (QED) is 0.765. The number of nitriles is 1. The van der Waals surface area contributed by atoms with E-state index in [1.54, 1.807) is 18.3 Å². The van der Waals surface area contributed by atoms with Gasteiger partial charge in [0, 0.05) is 24.7 Å². The molecule has 1 aliphatic heterocycles. The summed E-state index contributed by atoms with van der Waals surface area (Å²) in [6, 6.07) is 17.6. The summed E-state index contributed by atoms with van der Waals surface area (Å²) < 4.78 is 0. The lowest BCUT2D eigenvalue weighted by molar-refractivity contribution is 0.473. The van der Waals surface area contributed by atoms with E-state index in [0.717, 1.165) is 42.5 Å². The number of aromatic hydroxyl groups is 1. The van der Waals surface area contributed by atoms with E-state index in [9.17, 15) is 10.4 Å². The second kappa shape index (κ2) is 6.45. The van der Waals surface area contributed by atoms with Gasteiger partial charge in [-0.2, -0.15) is 5.26 Å². The molecule has 0 atom stereocenters. The number of pyridine rings is 1. The van der Waals surface area contributed by atoms with Gasteiger partial charge in [0.2, 0.25) is 0 Å². The van der Waals surface area contributed by atoms with Crippen LogP contribution in [0, 0.1) is 11.3 Å². The number of phenolic OH excluding ortho intramolecular Hbond substituents is 1. The van der Waals surface area contributed by atoms with Crippen LogP contribution in [0.3, 0.4) is 0 Å². The molecule has 4 rings (SSSR count). The standard InChI is InChI=1S/C21H19N3O/c22-14-17-5-8-20(21-19(17)2-1-11-23-21)24-12-9-16(10-13-24)15-3-6-18(25)7-4-15/h1-8,11,16,25H,9-10,12-13H2. The molecule has 4 nitrogen and oxygen atoms in total. The highest BCUT2D eigenvalue weighted by molar-refractivity contribution is 5.94. The SMILES string of the molecule is N#Cc1ccc(N2CCC(c3ccc(O)cc3)CC2)c2ncccc12. The van der Waals surface area contributed by atoms with Gasteiger partial charge < -0.3 is 10.0 Å². The first-order valence-electron chi connectivity index (χ1n) is 8.58. The van der Waals surface area contributed by atoms with Crippen molar-refractivity contribution >= 4 is 16.6 Å². The second-order valence-electron chi connectivity index (χ2n) is 6.50. The van der Waals surface area contributed by atoms with E-state index in [1.165, 1.54) is 5.56 Å². The summed E-state index contributed by atoms with van der Waals surface area (Å²) >= 11 is 0. The Labute approximate surface area is 147 Å². The van der Waals surface area contributed by atoms with Gasteiger partial charge in [-0.15, -0.1) is 0 Å². The molecule has 2 heterocycles. The van der Waals surface area contributed by atoms with Crippen molar-refractivity contribution in [3.8, 4) is 11.8 Å². The highest BCUT2D eigenvalue weighted by atomic mass is 16.3. The molecular weight excluding hydrogens is 310 g/mol. The molecule has 0 bridgehead atoms. The number of nitrogens with zero attached hydrogens (tertiary/aromatic N) is 3. The molecule has 1 N–H and O–H groups in total. The zero-order chi connectivity index (χ0) is 17.2. The molecule has 25 heavy (non-hydrogen) atoms. The van der Waals surface area contributed by atoms with Crippen molar-refractivity contribution < 1.29 is 5.11 Å². The lowest BCUT2D eigenvalue weighted by atomic mass is 9.89. The van der Waals surface area contributed by atoms with Crippen molar-refractivity contribution in [3.63, 3.8) is 0 Å². The molecule has 0 amide bonds. The van der Waals surface area contributed by atoms with Crippen molar-refractivity contribution in [2.45, 2.75) is 18.8 Å². The predicted octanol–water partition coefficient (Wildman–Crippen LogP) is 4.20. The first-order valence-corrected chi connectivity index (χ1v) is 8.58. The Hall–Kier alpha value is -3.06. The van der Waals surface area contributed by atoms with Gasteiger partial charge >= 0.3 is 0 Å². The maximum atomic E-state index is 9.45. The number of phenols is 1. The van der Waals surface area contributed by atoms with E-state index in [2.05, 4.69) is 16.0 Å². The van der Waals surface area contributed by atoms with Crippen LogP contribution in [-0.2, 0) is 0 Å². The molecule has 4 heteroatoms. The lowest BCUT2D eigenvalue weighted by Gasteiger charge is -2.34. The van der Waals surface area contributed by atoms with Gasteiger partial charge in [0.15, 0.2) is 0 Å². The van der Waals surface area contributed by atoms with Crippen LogP contribution in [0.2, 0.25) is 0 Å². The summed E-state index contributed by atoms with van der Waals surface area (Å²) in [5, 5.41) is 19.7. The van der Waals surface area contributed by atoms with Gasteiger partial charge in [-0.3, -0.25) is 4.98 Å². The molecule has 3 aromatic rings. The maximum Gasteiger partial charge on any atom is 0.115 e. The smallest absolute Gasteiger partial charge is 0.115 e. The van der Waals surface area contributed by atoms with Crippen LogP contribution in [-0.4, -0.2) is 23.2 Å². The van der Waals surface area contributed by atoms with Gasteiger partial charge in [0.1, 0.15) is 5.75 Å². The summed E-state index contributed by atoms with van der Waals surface area (Å²) in [5.41, 5.74) is 3.98. The first kappa shape index (κ1) is 15.5. The number of piperidine rings is 1. The summed E-state index contributed by atoms with van der Waals surface area (Å²) in [4.78, 5) is 6.90. The highest BCUT2D eigenvalue weighted by Gasteiger charge is 2.22. The van der Waals surface area contributed by atoms with Gasteiger partial charge in [-0.1, -0.05) is 12.1 Å². The Morgan fingerprint density at radius 1 is 1.04 bits per heavy atom. The fourth-order valence-corrected chi connectivity index (χ4v) is 3.71. The Kier molecular flexibility index (Phi) is 3.99. The molecule has 0 saturated carbocycles. The fraction of sp³-hybridized carbons (Fsp3) is 0.238. The number of fused-ring (bicyclic) bond motifs is 1. The minimum Gasteiger partial charge on any atom is -0.508 e. The number of hydrogen-bond donors (Lipinski definition) is 1. The fourth-order valence-electron chi connectivity index (χ4n) is 3.71. The van der Waals surface area contributed by atoms with Gasteiger partial charge in [0.05, 0.1) is 22.8 Å². The largest absolute Gasteiger partial charge is 0.508 e. The van der Waals surface area contributed by atoms with Crippen molar-refractivity contribution in [2.24, 2.45) is 0 Å². The molecule has 0 aliphatic carbocycles. The first-order chi connectivity index (χ1) is 12.3. The van der Waals surface area contributed by atoms with Gasteiger partial charge in [-0.25, -0.2) is 0 Å². The van der Waals surface area contributed by atoms with Crippen LogP contribution < -0.4 is 4.90 Å². The second-order valence-corrected chi connectivity index (χ2v) is 6.50. The van der Waals surface area contributed by atoms with Crippen LogP contribution in [0.5, 0.6) is 5.75 Å². The predicted molar refractivity (Wildman–Crippen MR) is 98.8 cm³/mol. The molecule has 124 valence electrons. The zero-order valence-corrected chi connectivity index (χ0v) is 13.9. The molecule has 0 unspecified atom stereocenters. The summed E-state index contributed by atoms with van der Waals surface area (Å²) in [6.07, 6.45) is 3.92. The van der Waals surface area contributed by atoms with Crippen molar-refractivity contribution in [1.29, 1.82) is 5.26 Å². The van der Waals surface area contributed by atoms with Crippen molar-refractivity contribution in [2.75, 3.05) is 18.0 Å². The van der Waals surface area contributed by atoms with Gasteiger partial charge in [0.25, 0.3) is 0 Å². The average molecular weight is 329 g/mol. The monoisotopic (exact) mass is 329 g/mol. The van der Waals surface area contributed by atoms with Crippen LogP contribution in [0.15, 0.2) is 54.7 Å². The van der Waals surface area contributed by atoms with Crippen molar-refractivity contribution in [1.82, 2.24) is 4.98 Å². The lowest BCUT2D eigenvalue weighted by Crippen LogP contribution is -2.33. The molecule has 0 radical (unpaired) electrons. The Morgan fingerprint density at radius 2 is 1.80 bits per heavy atom. The van der Waals surface area contributed by atoms with Crippen molar-refractivity contribution in [3.05, 3.63) is 65.9 Å². The van der Waals surface area contributed by atoms with E-state index in [-0.39, 0.29) is 0 Å². The molecule has 1 fully saturated rings. The molecule has 0 spiro atoms. The van der Waals surface area contributed by atoms with Crippen LogP contribution in [0.1, 0.15) is 29.9 Å². The molecule has 1 aliphatic rings. The van der Waals surface area contributed by atoms with E-state index in [1.807, 2.05) is 36.4 Å². The number of rotatable bonds is 2. The number of anilines is 1. The molecule has 1 aromatic heterocycles. The third-order valence-corrected chi connectivity index (χ3v) is 5.07. The minimum absolute atomic E-state index is 0.316. The average Bonchev–Trinajstić information content (AvgIpc) is 2.68. The van der Waals surface area contributed by atoms with Crippen LogP contribution >= 0.6 is 0 Å². The van der Waals surface area contributed by atoms with Gasteiger partial charge in [-0.05, 0) is 60.7 Å². The number of hydrogen-bond acceptors (Lipinski definition) is 4. The van der Waals surface area contributed by atoms with E-state index in [0.29, 0.717) is 17.2 Å². The molecule has 2 aromatic carbocycles. The highest BCUT2D eigenvalue weighted by Crippen LogP contribution is 2.34. The molecular formula is C21H19N3O. The van der Waals surface area contributed by atoms with Crippen LogP contribution in [0.4, 0.5) is 5.69 Å². The van der Waals surface area contributed by atoms with E-state index < -0.39 is 0 Å². The number of aromatic nitrogens is 1. The molecule has 1 saturated heterocycles. The van der Waals surface area contributed by atoms with E-state index in [4.69, 9.17) is 0 Å².